The van der Waals surface area contributed by atoms with Gasteiger partial charge >= 0.3 is 5.69 Å². The Hall–Kier alpha value is -4.00. The number of aromatic nitrogens is 6. The number of nitriles is 1. The van der Waals surface area contributed by atoms with E-state index in [9.17, 15) is 19.6 Å². The van der Waals surface area contributed by atoms with E-state index in [0.717, 1.165) is 4.57 Å². The average Bonchev–Trinajstić information content (AvgIpc) is 3.15. The van der Waals surface area contributed by atoms with Gasteiger partial charge in [-0.3, -0.25) is 27.7 Å². The van der Waals surface area contributed by atoms with Crippen molar-refractivity contribution in [2.24, 2.45) is 0 Å². The summed E-state index contributed by atoms with van der Waals surface area (Å²) in [5.41, 5.74) is -0.965. The zero-order valence-electron chi connectivity index (χ0n) is 15.9. The Bertz CT molecular complexity index is 1480. The first-order valence-corrected chi connectivity index (χ1v) is 9.11. The summed E-state index contributed by atoms with van der Waals surface area (Å²) < 4.78 is 5.41. The van der Waals surface area contributed by atoms with Gasteiger partial charge in [-0.2, -0.15) is 5.26 Å². The molecule has 0 fully saturated rings. The van der Waals surface area contributed by atoms with Gasteiger partial charge in [0.1, 0.15) is 11.6 Å². The molecular weight excluding hydrogens is 374 g/mol. The van der Waals surface area contributed by atoms with Crippen LogP contribution in [0.25, 0.3) is 16.7 Å². The number of hydrogen-bond donors (Lipinski definition) is 0. The molecule has 3 heterocycles. The lowest BCUT2D eigenvalue weighted by atomic mass is 10.2. The van der Waals surface area contributed by atoms with E-state index in [4.69, 9.17) is 0 Å². The number of benzene rings is 1. The van der Waals surface area contributed by atoms with Crippen LogP contribution in [0.4, 0.5) is 0 Å². The fraction of sp³-hybridized carbons (Fsp3) is 0.263. The van der Waals surface area contributed by atoms with Crippen LogP contribution >= 0.6 is 0 Å². The smallest absolute Gasteiger partial charge is 0.299 e. The van der Waals surface area contributed by atoms with Crippen molar-refractivity contribution in [3.05, 3.63) is 73.0 Å². The molecule has 146 valence electrons. The molecule has 0 bridgehead atoms. The molecule has 3 aromatic heterocycles. The molecule has 0 spiro atoms. The predicted molar refractivity (Wildman–Crippen MR) is 105 cm³/mol. The summed E-state index contributed by atoms with van der Waals surface area (Å²) in [6, 6.07) is 8.85. The van der Waals surface area contributed by atoms with E-state index in [1.165, 1.54) is 15.3 Å². The molecule has 0 aliphatic heterocycles. The zero-order chi connectivity index (χ0) is 20.7. The fourth-order valence-corrected chi connectivity index (χ4v) is 3.44. The van der Waals surface area contributed by atoms with E-state index in [1.54, 1.807) is 35.6 Å². The number of rotatable bonds is 4. The van der Waals surface area contributed by atoms with E-state index in [2.05, 4.69) is 10.2 Å². The van der Waals surface area contributed by atoms with Crippen LogP contribution in [0.3, 0.4) is 0 Å². The lowest BCUT2D eigenvalue weighted by Gasteiger charge is -2.11. The van der Waals surface area contributed by atoms with Crippen molar-refractivity contribution in [3.63, 3.8) is 0 Å². The van der Waals surface area contributed by atoms with E-state index >= 15 is 0 Å². The highest BCUT2D eigenvalue weighted by Gasteiger charge is 2.18. The summed E-state index contributed by atoms with van der Waals surface area (Å²) in [6.45, 7) is 4.09. The highest BCUT2D eigenvalue weighted by atomic mass is 16.2. The summed E-state index contributed by atoms with van der Waals surface area (Å²) in [5, 5.41) is 18.0. The van der Waals surface area contributed by atoms with Gasteiger partial charge in [0, 0.05) is 19.3 Å². The van der Waals surface area contributed by atoms with Crippen LogP contribution in [0.5, 0.6) is 0 Å². The van der Waals surface area contributed by atoms with Crippen LogP contribution in [0.15, 0.2) is 44.8 Å². The fourth-order valence-electron chi connectivity index (χ4n) is 3.44. The summed E-state index contributed by atoms with van der Waals surface area (Å²) in [7, 11) is 0. The third-order valence-corrected chi connectivity index (χ3v) is 4.89. The van der Waals surface area contributed by atoms with Crippen molar-refractivity contribution < 1.29 is 0 Å². The average molecular weight is 391 g/mol. The van der Waals surface area contributed by atoms with Gasteiger partial charge in [-0.1, -0.05) is 12.1 Å². The first kappa shape index (κ1) is 18.4. The molecule has 0 amide bonds. The van der Waals surface area contributed by atoms with Crippen LogP contribution in [0.2, 0.25) is 0 Å². The molecule has 10 nitrogen and oxygen atoms in total. The number of aryl methyl sites for hydroxylation is 2. The van der Waals surface area contributed by atoms with Gasteiger partial charge < -0.3 is 0 Å². The van der Waals surface area contributed by atoms with Gasteiger partial charge in [-0.25, -0.2) is 4.79 Å². The van der Waals surface area contributed by atoms with E-state index < -0.39 is 11.2 Å². The van der Waals surface area contributed by atoms with Gasteiger partial charge in [-0.15, -0.1) is 10.2 Å². The van der Waals surface area contributed by atoms with Gasteiger partial charge in [0.05, 0.1) is 17.4 Å². The summed E-state index contributed by atoms with van der Waals surface area (Å²) in [4.78, 5) is 38.1. The normalized spacial score (nSPS) is 11.2. The first-order chi connectivity index (χ1) is 14.0. The summed E-state index contributed by atoms with van der Waals surface area (Å²) in [5.74, 6) is 0.641. The first-order valence-electron chi connectivity index (χ1n) is 9.11. The minimum Gasteiger partial charge on any atom is -0.299 e. The van der Waals surface area contributed by atoms with Crippen molar-refractivity contribution in [2.45, 2.75) is 33.5 Å². The predicted octanol–water partition coefficient (Wildman–Crippen LogP) is 0.327. The van der Waals surface area contributed by atoms with Crippen molar-refractivity contribution in [2.75, 3.05) is 0 Å². The van der Waals surface area contributed by atoms with Gasteiger partial charge in [0.15, 0.2) is 5.82 Å². The van der Waals surface area contributed by atoms with Gasteiger partial charge in [-0.05, 0) is 26.0 Å². The Morgan fingerprint density at radius 2 is 1.76 bits per heavy atom. The topological polar surface area (TPSA) is 120 Å². The second-order valence-corrected chi connectivity index (χ2v) is 6.43. The number of para-hydroxylation sites is 1. The minimum atomic E-state index is -0.688. The highest BCUT2D eigenvalue weighted by Crippen LogP contribution is 2.14. The molecule has 0 saturated carbocycles. The molecule has 0 N–H and O–H groups in total. The van der Waals surface area contributed by atoms with Crippen molar-refractivity contribution in [1.29, 1.82) is 5.26 Å². The van der Waals surface area contributed by atoms with Crippen molar-refractivity contribution in [3.8, 4) is 6.07 Å². The third kappa shape index (κ3) is 2.67. The minimum absolute atomic E-state index is 0.129. The standard InChI is InChI=1S/C19H17N7O3/c1-3-23-10-12(9-20)16(27)25(19(23)29)11-15-21-22-18-24(4-2)17(28)13-7-5-6-8-14(13)26(15)18/h5-8,10H,3-4,11H2,1-2H3. The number of fused-ring (bicyclic) bond motifs is 3. The van der Waals surface area contributed by atoms with Crippen LogP contribution in [-0.4, -0.2) is 28.3 Å². The molecule has 10 heteroatoms. The monoisotopic (exact) mass is 391 g/mol. The van der Waals surface area contributed by atoms with E-state index in [1.807, 2.05) is 13.0 Å². The molecule has 0 aliphatic carbocycles. The molecule has 0 unspecified atom stereocenters. The zero-order valence-corrected chi connectivity index (χ0v) is 15.9. The Balaban J connectivity index is 2.05. The van der Waals surface area contributed by atoms with Crippen LogP contribution < -0.4 is 16.8 Å². The molecule has 0 saturated heterocycles. The molecule has 4 aromatic rings. The maximum atomic E-state index is 12.8. The molecule has 0 aliphatic rings. The third-order valence-electron chi connectivity index (χ3n) is 4.89. The summed E-state index contributed by atoms with van der Waals surface area (Å²) in [6.07, 6.45) is 1.26. The van der Waals surface area contributed by atoms with Gasteiger partial charge in [0.2, 0.25) is 5.78 Å². The maximum Gasteiger partial charge on any atom is 0.331 e. The Kier molecular flexibility index (Phi) is 4.35. The largest absolute Gasteiger partial charge is 0.331 e. The lowest BCUT2D eigenvalue weighted by molar-refractivity contribution is 0.583. The molecular formula is C19H17N7O3. The lowest BCUT2D eigenvalue weighted by Crippen LogP contribution is -2.41. The second kappa shape index (κ2) is 6.87. The van der Waals surface area contributed by atoms with Crippen LogP contribution in [0.1, 0.15) is 25.2 Å². The summed E-state index contributed by atoms with van der Waals surface area (Å²) >= 11 is 0. The maximum absolute atomic E-state index is 12.8. The van der Waals surface area contributed by atoms with E-state index in [0.29, 0.717) is 35.6 Å². The van der Waals surface area contributed by atoms with E-state index in [-0.39, 0.29) is 17.7 Å². The van der Waals surface area contributed by atoms with Crippen LogP contribution in [0, 0.1) is 11.3 Å². The quantitative estimate of drug-likeness (QED) is 0.494. The molecule has 0 radical (unpaired) electrons. The number of hydrogen-bond acceptors (Lipinski definition) is 6. The Morgan fingerprint density at radius 1 is 1.00 bits per heavy atom. The van der Waals surface area contributed by atoms with Crippen molar-refractivity contribution >= 4 is 16.7 Å². The Labute approximate surface area is 163 Å². The molecule has 0 atom stereocenters. The molecule has 4 rings (SSSR count). The van der Waals surface area contributed by atoms with Crippen LogP contribution in [-0.2, 0) is 19.6 Å². The Morgan fingerprint density at radius 3 is 2.45 bits per heavy atom. The second-order valence-electron chi connectivity index (χ2n) is 6.43. The van der Waals surface area contributed by atoms with Gasteiger partial charge in [0.25, 0.3) is 11.1 Å². The highest BCUT2D eigenvalue weighted by molar-refractivity contribution is 5.80. The molecule has 29 heavy (non-hydrogen) atoms. The molecule has 1 aromatic carbocycles. The SMILES string of the molecule is CCn1cc(C#N)c(=O)n(Cc2nnc3n(CC)c(=O)c4ccccc4n23)c1=O. The van der Waals surface area contributed by atoms with Crippen molar-refractivity contribution in [1.82, 2.24) is 28.3 Å². The number of nitrogens with zero attached hydrogens (tertiary/aromatic N) is 7.